The van der Waals surface area contributed by atoms with Crippen LogP contribution in [0.2, 0.25) is 5.02 Å². The molecule has 0 spiro atoms. The number of carboxylic acid groups (broad SMARTS) is 2. The molecule has 2 aromatic carbocycles. The average molecular weight is 559 g/mol. The lowest BCUT2D eigenvalue weighted by atomic mass is 10.1. The first-order valence-electron chi connectivity index (χ1n) is 11.0. The van der Waals surface area contributed by atoms with Crippen LogP contribution < -0.4 is 15.8 Å². The van der Waals surface area contributed by atoms with Gasteiger partial charge in [0, 0.05) is 27.4 Å². The van der Waals surface area contributed by atoms with Gasteiger partial charge in [0.05, 0.1) is 17.7 Å². The van der Waals surface area contributed by atoms with Crippen LogP contribution in [0.4, 0.5) is 5.69 Å². The first-order valence-corrected chi connectivity index (χ1v) is 12.3. The summed E-state index contributed by atoms with van der Waals surface area (Å²) in [5, 5.41) is 29.8. The Morgan fingerprint density at radius 2 is 1.76 bits per heavy atom. The van der Waals surface area contributed by atoms with Crippen LogP contribution >= 0.6 is 22.9 Å². The topological polar surface area (TPSA) is 183 Å². The number of guanidine groups is 1. The summed E-state index contributed by atoms with van der Waals surface area (Å²) in [5.74, 6) is -3.40. The zero-order chi connectivity index (χ0) is 27.8. The fraction of sp³-hybridized carbons (Fsp3) is 0.160. The number of rotatable bonds is 11. The number of carbonyl (C=O) groups excluding carboxylic acids is 2. The minimum absolute atomic E-state index is 0.0303. The predicted molar refractivity (Wildman–Crippen MR) is 141 cm³/mol. The Bertz CT molecular complexity index is 1370. The standard InChI is InChI=1S/C25H23ClN4O7S/c26-20-10-18(37-24(36)15-1-5-17(6-2-15)29-25(27)28)7-3-14(20)4-8-21(31)30(12-22(32)33)11-19-9-16(13-38-19)23(34)35/h1-3,5-7,9-10,13H,4,8,11-12H2,(H,32,33)(H,34,35)(H4,27,28,29). The lowest BCUT2D eigenvalue weighted by molar-refractivity contribution is -0.144. The van der Waals surface area contributed by atoms with Gasteiger partial charge in [-0.15, -0.1) is 11.3 Å². The number of aryl methyl sites for hydroxylation is 1. The Kier molecular flexibility index (Phi) is 9.41. The van der Waals surface area contributed by atoms with Crippen LogP contribution in [0.15, 0.2) is 53.9 Å². The van der Waals surface area contributed by atoms with E-state index in [9.17, 15) is 24.3 Å². The van der Waals surface area contributed by atoms with E-state index in [-0.39, 0.29) is 47.2 Å². The van der Waals surface area contributed by atoms with Crippen molar-refractivity contribution < 1.29 is 34.1 Å². The maximum Gasteiger partial charge on any atom is 0.343 e. The van der Waals surface area contributed by atoms with Gasteiger partial charge in [-0.2, -0.15) is 0 Å². The van der Waals surface area contributed by atoms with Gasteiger partial charge in [-0.1, -0.05) is 17.7 Å². The lowest BCUT2D eigenvalue weighted by Crippen LogP contribution is -2.35. The third-order valence-electron chi connectivity index (χ3n) is 5.17. The summed E-state index contributed by atoms with van der Waals surface area (Å²) in [6, 6.07) is 12.2. The highest BCUT2D eigenvalue weighted by Gasteiger charge is 2.19. The number of anilines is 1. The van der Waals surface area contributed by atoms with Gasteiger partial charge in [0.1, 0.15) is 12.3 Å². The van der Waals surface area contributed by atoms with Crippen molar-refractivity contribution in [1.29, 1.82) is 5.41 Å². The van der Waals surface area contributed by atoms with Crippen molar-refractivity contribution in [2.75, 3.05) is 11.9 Å². The zero-order valence-electron chi connectivity index (χ0n) is 19.8. The highest BCUT2D eigenvalue weighted by Crippen LogP contribution is 2.25. The number of ether oxygens (including phenoxy) is 1. The number of amides is 1. The number of carbonyl (C=O) groups is 4. The summed E-state index contributed by atoms with van der Waals surface area (Å²) in [6.45, 7) is -0.564. The molecule has 1 aromatic heterocycles. The molecule has 0 aliphatic carbocycles. The fourth-order valence-corrected chi connectivity index (χ4v) is 4.50. The van der Waals surface area contributed by atoms with E-state index in [1.54, 1.807) is 18.2 Å². The van der Waals surface area contributed by atoms with E-state index in [4.69, 9.17) is 32.6 Å². The zero-order valence-corrected chi connectivity index (χ0v) is 21.3. The quantitative estimate of drug-likeness (QED) is 0.101. The Morgan fingerprint density at radius 1 is 1.05 bits per heavy atom. The number of thiophene rings is 1. The molecule has 0 aliphatic rings. The van der Waals surface area contributed by atoms with E-state index in [1.807, 2.05) is 0 Å². The second-order valence-corrected chi connectivity index (χ2v) is 9.41. The number of nitrogens with two attached hydrogens (primary N) is 1. The molecular weight excluding hydrogens is 536 g/mol. The number of aliphatic carboxylic acids is 1. The van der Waals surface area contributed by atoms with Crippen LogP contribution in [0.1, 0.15) is 37.6 Å². The molecule has 0 radical (unpaired) electrons. The smallest absolute Gasteiger partial charge is 0.343 e. The highest BCUT2D eigenvalue weighted by molar-refractivity contribution is 7.10. The Morgan fingerprint density at radius 3 is 2.34 bits per heavy atom. The normalized spacial score (nSPS) is 10.4. The van der Waals surface area contributed by atoms with Crippen molar-refractivity contribution in [3.05, 3.63) is 80.5 Å². The van der Waals surface area contributed by atoms with Crippen LogP contribution in [0.5, 0.6) is 5.75 Å². The number of benzene rings is 2. The van der Waals surface area contributed by atoms with E-state index < -0.39 is 30.4 Å². The van der Waals surface area contributed by atoms with E-state index in [1.165, 1.54) is 35.7 Å². The Balaban J connectivity index is 1.60. The number of halogens is 1. The number of esters is 1. The summed E-state index contributed by atoms with van der Waals surface area (Å²) in [6.07, 6.45) is 0.168. The SMILES string of the molecule is N=C(N)Nc1ccc(C(=O)Oc2ccc(CCC(=O)N(CC(=O)O)Cc3cc(C(=O)O)cs3)c(Cl)c2)cc1. The molecule has 3 rings (SSSR count). The largest absolute Gasteiger partial charge is 0.480 e. The molecule has 11 nitrogen and oxygen atoms in total. The molecule has 1 amide bonds. The van der Waals surface area contributed by atoms with Gasteiger partial charge in [-0.25, -0.2) is 9.59 Å². The van der Waals surface area contributed by atoms with E-state index >= 15 is 0 Å². The minimum atomic E-state index is -1.19. The summed E-state index contributed by atoms with van der Waals surface area (Å²) < 4.78 is 5.36. The van der Waals surface area contributed by atoms with Gasteiger partial charge in [-0.05, 0) is 54.4 Å². The lowest BCUT2D eigenvalue weighted by Gasteiger charge is -2.20. The number of hydrogen-bond acceptors (Lipinski definition) is 7. The maximum absolute atomic E-state index is 12.8. The summed E-state index contributed by atoms with van der Waals surface area (Å²) >= 11 is 7.46. The number of aromatic carboxylic acids is 1. The monoisotopic (exact) mass is 558 g/mol. The second kappa shape index (κ2) is 12.7. The van der Waals surface area contributed by atoms with E-state index in [2.05, 4.69) is 5.32 Å². The van der Waals surface area contributed by atoms with E-state index in [0.717, 1.165) is 16.2 Å². The molecule has 6 N–H and O–H groups in total. The van der Waals surface area contributed by atoms with Crippen molar-refractivity contribution >= 4 is 58.4 Å². The number of hydrogen-bond donors (Lipinski definition) is 5. The molecule has 198 valence electrons. The highest BCUT2D eigenvalue weighted by atomic mass is 35.5. The molecule has 0 saturated carbocycles. The van der Waals surface area contributed by atoms with Gasteiger partial charge < -0.3 is 30.9 Å². The van der Waals surface area contributed by atoms with Gasteiger partial charge in [0.25, 0.3) is 0 Å². The van der Waals surface area contributed by atoms with Crippen molar-refractivity contribution in [3.63, 3.8) is 0 Å². The Labute approximate surface area is 225 Å². The molecule has 1 heterocycles. The van der Waals surface area contributed by atoms with Crippen LogP contribution in [0.3, 0.4) is 0 Å². The molecule has 38 heavy (non-hydrogen) atoms. The predicted octanol–water partition coefficient (Wildman–Crippen LogP) is 3.67. The van der Waals surface area contributed by atoms with Crippen LogP contribution in [0, 0.1) is 5.41 Å². The third-order valence-corrected chi connectivity index (χ3v) is 6.44. The van der Waals surface area contributed by atoms with Gasteiger partial charge in [0.2, 0.25) is 5.91 Å². The van der Waals surface area contributed by atoms with Crippen LogP contribution in [0.25, 0.3) is 0 Å². The van der Waals surface area contributed by atoms with Gasteiger partial charge >= 0.3 is 17.9 Å². The number of nitrogens with one attached hydrogen (secondary N) is 2. The van der Waals surface area contributed by atoms with Crippen LogP contribution in [-0.2, 0) is 22.6 Å². The molecule has 3 aromatic rings. The Hall–Kier alpha value is -4.42. The molecule has 0 fully saturated rings. The summed E-state index contributed by atoms with van der Waals surface area (Å²) in [5.41, 5.74) is 6.75. The average Bonchev–Trinajstić information content (AvgIpc) is 3.32. The first-order chi connectivity index (χ1) is 18.0. The van der Waals surface area contributed by atoms with Crippen molar-refractivity contribution in [2.24, 2.45) is 5.73 Å². The molecule has 13 heteroatoms. The van der Waals surface area contributed by atoms with E-state index in [0.29, 0.717) is 16.1 Å². The minimum Gasteiger partial charge on any atom is -0.480 e. The third kappa shape index (κ3) is 8.05. The second-order valence-electron chi connectivity index (χ2n) is 8.01. The number of nitrogens with zero attached hydrogens (tertiary/aromatic N) is 1. The summed E-state index contributed by atoms with van der Waals surface area (Å²) in [4.78, 5) is 49.2. The molecule has 0 aliphatic heterocycles. The number of carboxylic acids is 2. The first kappa shape index (κ1) is 28.2. The summed E-state index contributed by atoms with van der Waals surface area (Å²) in [7, 11) is 0. The molecule has 0 atom stereocenters. The van der Waals surface area contributed by atoms with Crippen molar-refractivity contribution in [3.8, 4) is 5.75 Å². The van der Waals surface area contributed by atoms with Crippen LogP contribution in [-0.4, -0.2) is 51.4 Å². The molecule has 0 saturated heterocycles. The molecular formula is C25H23ClN4O7S. The van der Waals surface area contributed by atoms with Gasteiger partial charge in [0.15, 0.2) is 5.96 Å². The fourth-order valence-electron chi connectivity index (χ4n) is 3.36. The van der Waals surface area contributed by atoms with Gasteiger partial charge in [-0.3, -0.25) is 15.0 Å². The maximum atomic E-state index is 12.8. The molecule has 0 bridgehead atoms. The molecule has 0 unspecified atom stereocenters. The van der Waals surface area contributed by atoms with Crippen molar-refractivity contribution in [2.45, 2.75) is 19.4 Å². The van der Waals surface area contributed by atoms with Crippen molar-refractivity contribution in [1.82, 2.24) is 4.90 Å².